The second-order valence-corrected chi connectivity index (χ2v) is 7.95. The molecule has 0 spiro atoms. The van der Waals surface area contributed by atoms with E-state index in [9.17, 15) is 4.79 Å². The molecule has 1 amide bonds. The second kappa shape index (κ2) is 7.66. The highest BCUT2D eigenvalue weighted by molar-refractivity contribution is 5.82. The van der Waals surface area contributed by atoms with Crippen molar-refractivity contribution in [2.24, 2.45) is 5.92 Å². The van der Waals surface area contributed by atoms with E-state index >= 15 is 0 Å². The SMILES string of the molecule is O=C(Cc1cnc2ccccc2c1)N1CCCC(Cn2cnc3ccccc32)C1. The number of imidazole rings is 1. The van der Waals surface area contributed by atoms with Crippen molar-refractivity contribution in [2.45, 2.75) is 25.8 Å². The summed E-state index contributed by atoms with van der Waals surface area (Å²) in [6.45, 7) is 2.56. The van der Waals surface area contributed by atoms with Gasteiger partial charge in [0.15, 0.2) is 0 Å². The molecular formula is C24H24N4O. The molecule has 3 heterocycles. The van der Waals surface area contributed by atoms with Crippen LogP contribution in [-0.2, 0) is 17.8 Å². The van der Waals surface area contributed by atoms with Crippen molar-refractivity contribution >= 4 is 27.8 Å². The molecule has 1 aliphatic heterocycles. The summed E-state index contributed by atoms with van der Waals surface area (Å²) in [6, 6.07) is 18.3. The summed E-state index contributed by atoms with van der Waals surface area (Å²) in [5.41, 5.74) is 4.14. The van der Waals surface area contributed by atoms with Crippen LogP contribution in [0.2, 0.25) is 0 Å². The molecule has 1 aliphatic rings. The van der Waals surface area contributed by atoms with E-state index in [1.54, 1.807) is 0 Å². The predicted octanol–water partition coefficient (Wildman–Crippen LogP) is 4.07. The van der Waals surface area contributed by atoms with Crippen LogP contribution in [0.5, 0.6) is 0 Å². The average Bonchev–Trinajstić information content (AvgIpc) is 3.17. The van der Waals surface area contributed by atoms with Crippen molar-refractivity contribution in [2.75, 3.05) is 13.1 Å². The van der Waals surface area contributed by atoms with Crippen LogP contribution in [0.25, 0.3) is 21.9 Å². The Morgan fingerprint density at radius 2 is 1.86 bits per heavy atom. The number of hydrogen-bond donors (Lipinski definition) is 0. The van der Waals surface area contributed by atoms with Gasteiger partial charge < -0.3 is 9.47 Å². The van der Waals surface area contributed by atoms with E-state index in [4.69, 9.17) is 0 Å². The third-order valence-corrected chi connectivity index (χ3v) is 5.86. The number of fused-ring (bicyclic) bond motifs is 2. The van der Waals surface area contributed by atoms with Crippen LogP contribution in [0.15, 0.2) is 67.1 Å². The Morgan fingerprint density at radius 1 is 1.03 bits per heavy atom. The highest BCUT2D eigenvalue weighted by Crippen LogP contribution is 2.22. The maximum atomic E-state index is 12.9. The lowest BCUT2D eigenvalue weighted by Crippen LogP contribution is -2.41. The molecule has 2 aromatic carbocycles. The first kappa shape index (κ1) is 17.9. The number of para-hydroxylation sites is 3. The Labute approximate surface area is 170 Å². The molecule has 0 bridgehead atoms. The van der Waals surface area contributed by atoms with Gasteiger partial charge in [0, 0.05) is 31.2 Å². The van der Waals surface area contributed by atoms with Gasteiger partial charge in [0.2, 0.25) is 5.91 Å². The highest BCUT2D eigenvalue weighted by Gasteiger charge is 2.24. The van der Waals surface area contributed by atoms with Crippen LogP contribution in [0.4, 0.5) is 0 Å². The van der Waals surface area contributed by atoms with Gasteiger partial charge in [-0.15, -0.1) is 0 Å². The molecule has 4 aromatic rings. The van der Waals surface area contributed by atoms with E-state index in [1.165, 1.54) is 0 Å². The summed E-state index contributed by atoms with van der Waals surface area (Å²) in [6.07, 6.45) is 6.37. The largest absolute Gasteiger partial charge is 0.342 e. The fraction of sp³-hybridized carbons (Fsp3) is 0.292. The minimum Gasteiger partial charge on any atom is -0.342 e. The molecule has 1 unspecified atom stereocenters. The number of pyridine rings is 1. The van der Waals surface area contributed by atoms with Crippen LogP contribution < -0.4 is 0 Å². The molecule has 0 saturated carbocycles. The molecule has 146 valence electrons. The van der Waals surface area contributed by atoms with Crippen molar-refractivity contribution in [1.29, 1.82) is 0 Å². The first-order chi connectivity index (χ1) is 14.3. The maximum absolute atomic E-state index is 12.9. The second-order valence-electron chi connectivity index (χ2n) is 7.95. The number of likely N-dealkylation sites (tertiary alicyclic amines) is 1. The van der Waals surface area contributed by atoms with Gasteiger partial charge in [0.25, 0.3) is 0 Å². The number of carbonyl (C=O) groups excluding carboxylic acids is 1. The number of aromatic nitrogens is 3. The zero-order valence-corrected chi connectivity index (χ0v) is 16.4. The molecule has 0 N–H and O–H groups in total. The minimum atomic E-state index is 0.197. The molecule has 0 aliphatic carbocycles. The fourth-order valence-corrected chi connectivity index (χ4v) is 4.37. The number of benzene rings is 2. The summed E-state index contributed by atoms with van der Waals surface area (Å²) in [7, 11) is 0. The lowest BCUT2D eigenvalue weighted by atomic mass is 9.97. The Hall–Kier alpha value is -3.21. The van der Waals surface area contributed by atoms with E-state index in [-0.39, 0.29) is 5.91 Å². The topological polar surface area (TPSA) is 51.0 Å². The standard InChI is InChI=1S/C24H24N4O/c29-24(13-19-12-20-7-1-2-8-21(20)25-14-19)27-11-5-6-18(15-27)16-28-17-26-22-9-3-4-10-23(22)28/h1-4,7-10,12,14,17-18H,5-6,11,13,15-16H2. The zero-order chi connectivity index (χ0) is 19.6. The third-order valence-electron chi connectivity index (χ3n) is 5.86. The van der Waals surface area contributed by atoms with Crippen molar-refractivity contribution in [3.05, 3.63) is 72.7 Å². The molecule has 29 heavy (non-hydrogen) atoms. The Bertz CT molecular complexity index is 1170. The van der Waals surface area contributed by atoms with Crippen molar-refractivity contribution in [1.82, 2.24) is 19.4 Å². The molecule has 1 atom stereocenters. The molecule has 5 heteroatoms. The first-order valence-corrected chi connectivity index (χ1v) is 10.3. The first-order valence-electron chi connectivity index (χ1n) is 10.3. The molecule has 1 fully saturated rings. The third kappa shape index (κ3) is 3.73. The quantitative estimate of drug-likeness (QED) is 0.533. The van der Waals surface area contributed by atoms with E-state index < -0.39 is 0 Å². The number of carbonyl (C=O) groups is 1. The summed E-state index contributed by atoms with van der Waals surface area (Å²) in [4.78, 5) is 24.0. The van der Waals surface area contributed by atoms with Crippen LogP contribution in [0.3, 0.4) is 0 Å². The fourth-order valence-electron chi connectivity index (χ4n) is 4.37. The maximum Gasteiger partial charge on any atom is 0.227 e. The van der Waals surface area contributed by atoms with Crippen molar-refractivity contribution < 1.29 is 4.79 Å². The summed E-state index contributed by atoms with van der Waals surface area (Å²) < 4.78 is 2.22. The van der Waals surface area contributed by atoms with Crippen LogP contribution in [0.1, 0.15) is 18.4 Å². The number of piperidine rings is 1. The lowest BCUT2D eigenvalue weighted by molar-refractivity contribution is -0.132. The molecule has 5 nitrogen and oxygen atoms in total. The summed E-state index contributed by atoms with van der Waals surface area (Å²) in [5, 5.41) is 1.08. The monoisotopic (exact) mass is 384 g/mol. The van der Waals surface area contributed by atoms with E-state index in [0.29, 0.717) is 12.3 Å². The number of amides is 1. The van der Waals surface area contributed by atoms with Gasteiger partial charge in [-0.25, -0.2) is 4.98 Å². The minimum absolute atomic E-state index is 0.197. The van der Waals surface area contributed by atoms with Gasteiger partial charge in [-0.1, -0.05) is 30.3 Å². The molecular weight excluding hydrogens is 360 g/mol. The van der Waals surface area contributed by atoms with E-state index in [1.807, 2.05) is 53.8 Å². The van der Waals surface area contributed by atoms with Gasteiger partial charge in [0.1, 0.15) is 0 Å². The number of rotatable bonds is 4. The highest BCUT2D eigenvalue weighted by atomic mass is 16.2. The van der Waals surface area contributed by atoms with Gasteiger partial charge in [-0.3, -0.25) is 9.78 Å². The Kier molecular flexibility index (Phi) is 4.72. The lowest BCUT2D eigenvalue weighted by Gasteiger charge is -2.33. The summed E-state index contributed by atoms with van der Waals surface area (Å²) in [5.74, 6) is 0.655. The van der Waals surface area contributed by atoms with Gasteiger partial charge >= 0.3 is 0 Å². The Balaban J connectivity index is 1.26. The normalized spacial score (nSPS) is 17.1. The smallest absolute Gasteiger partial charge is 0.227 e. The van der Waals surface area contributed by atoms with Gasteiger partial charge in [-0.2, -0.15) is 0 Å². The van der Waals surface area contributed by atoms with Crippen LogP contribution in [-0.4, -0.2) is 38.4 Å². The van der Waals surface area contributed by atoms with Crippen LogP contribution in [0, 0.1) is 5.92 Å². The molecule has 5 rings (SSSR count). The van der Waals surface area contributed by atoms with E-state index in [0.717, 1.165) is 60.0 Å². The number of nitrogens with zero attached hydrogens (tertiary/aromatic N) is 4. The zero-order valence-electron chi connectivity index (χ0n) is 16.4. The number of hydrogen-bond acceptors (Lipinski definition) is 3. The molecule has 2 aromatic heterocycles. The van der Waals surface area contributed by atoms with Crippen molar-refractivity contribution in [3.8, 4) is 0 Å². The molecule has 1 saturated heterocycles. The molecule has 0 radical (unpaired) electrons. The Morgan fingerprint density at radius 3 is 2.79 bits per heavy atom. The van der Waals surface area contributed by atoms with Gasteiger partial charge in [0.05, 0.1) is 29.3 Å². The van der Waals surface area contributed by atoms with Crippen LogP contribution >= 0.6 is 0 Å². The van der Waals surface area contributed by atoms with Gasteiger partial charge in [-0.05, 0) is 48.6 Å². The van der Waals surface area contributed by atoms with Crippen molar-refractivity contribution in [3.63, 3.8) is 0 Å². The van der Waals surface area contributed by atoms with E-state index in [2.05, 4.69) is 32.7 Å². The average molecular weight is 384 g/mol. The predicted molar refractivity (Wildman–Crippen MR) is 114 cm³/mol. The summed E-state index contributed by atoms with van der Waals surface area (Å²) >= 11 is 0.